The van der Waals surface area contributed by atoms with Crippen molar-refractivity contribution in [2.45, 2.75) is 45.7 Å². The molecule has 0 aliphatic carbocycles. The molecule has 2 aromatic rings. The Kier molecular flexibility index (Phi) is 10.0. The Bertz CT molecular complexity index is 1160. The highest BCUT2D eigenvalue weighted by Gasteiger charge is 2.28. The zero-order valence-corrected chi connectivity index (χ0v) is 23.4. The van der Waals surface area contributed by atoms with Crippen molar-refractivity contribution in [3.8, 4) is 5.75 Å². The van der Waals surface area contributed by atoms with Gasteiger partial charge >= 0.3 is 0 Å². The number of hydrogen-bond donors (Lipinski definition) is 4. The number of nitrogens with one attached hydrogen (secondary N) is 3. The summed E-state index contributed by atoms with van der Waals surface area (Å²) in [6.07, 6.45) is -0.826. The fraction of sp³-hybridized carbons (Fsp3) is 0.458. The van der Waals surface area contributed by atoms with Gasteiger partial charge in [-0.1, -0.05) is 13.8 Å². The predicted octanol–water partition coefficient (Wildman–Crippen LogP) is 3.07. The molecule has 2 heterocycles. The molecule has 1 aromatic heterocycles. The molecule has 12 heteroatoms. The summed E-state index contributed by atoms with van der Waals surface area (Å²) in [6, 6.07) is 8.61. The van der Waals surface area contributed by atoms with Gasteiger partial charge in [-0.25, -0.2) is 4.72 Å². The summed E-state index contributed by atoms with van der Waals surface area (Å²) in [4.78, 5) is 29.0. The average Bonchev–Trinajstić information content (AvgIpc) is 3.52. The predicted molar refractivity (Wildman–Crippen MR) is 148 cm³/mol. The summed E-state index contributed by atoms with van der Waals surface area (Å²) in [7, 11) is 0. The van der Waals surface area contributed by atoms with E-state index in [-0.39, 0.29) is 24.2 Å². The number of carbonyl (C=O) groups excluding carboxylic acids is 2. The van der Waals surface area contributed by atoms with Crippen molar-refractivity contribution in [2.75, 3.05) is 26.4 Å². The number of amides is 2. The fourth-order valence-electron chi connectivity index (χ4n) is 3.74. The largest absolute Gasteiger partial charge is 0.493 e. The molecule has 0 saturated heterocycles. The maximum Gasteiger partial charge on any atom is 0.241 e. The Morgan fingerprint density at radius 1 is 1.31 bits per heavy atom. The van der Waals surface area contributed by atoms with Gasteiger partial charge in [0.05, 0.1) is 30.6 Å². The average molecular weight is 552 g/mol. The number of fused-ring (bicyclic) bond motifs is 1. The van der Waals surface area contributed by atoms with Crippen molar-refractivity contribution in [3.05, 3.63) is 45.6 Å². The maximum atomic E-state index is 13.4. The van der Waals surface area contributed by atoms with Crippen molar-refractivity contribution < 1.29 is 18.9 Å². The molecule has 1 aliphatic heterocycles. The van der Waals surface area contributed by atoms with Crippen LogP contribution in [0.1, 0.15) is 42.0 Å². The Balaban J connectivity index is 1.57. The molecule has 0 spiro atoms. The molecule has 1 aliphatic rings. The molecule has 2 unspecified atom stereocenters. The lowest BCUT2D eigenvalue weighted by atomic mass is 10.2. The van der Waals surface area contributed by atoms with E-state index in [1.807, 2.05) is 38.1 Å². The zero-order valence-electron chi connectivity index (χ0n) is 20.8. The van der Waals surface area contributed by atoms with Crippen LogP contribution in [-0.2, 0) is 27.1 Å². The molecule has 5 N–H and O–H groups in total. The molecule has 0 fully saturated rings. The SMILES string of the molecule is CCCN(CC(=O)NCc1ccc(C(=N)N)s1)C(=O)C(CC)NSP(C)(=O)c1ccc2c(c1)CCO2. The summed E-state index contributed by atoms with van der Waals surface area (Å²) in [5, 5.41) is 11.1. The number of amidine groups is 1. The Morgan fingerprint density at radius 2 is 2.08 bits per heavy atom. The van der Waals surface area contributed by atoms with E-state index in [1.54, 1.807) is 17.6 Å². The normalized spacial score (nSPS) is 14.9. The summed E-state index contributed by atoms with van der Waals surface area (Å²) in [5.41, 5.74) is 6.55. The van der Waals surface area contributed by atoms with Crippen LogP contribution < -0.4 is 25.8 Å². The topological polar surface area (TPSA) is 138 Å². The Hall–Kier alpha value is -2.33. The second kappa shape index (κ2) is 12.8. The lowest BCUT2D eigenvalue weighted by Crippen LogP contribution is -2.48. The van der Waals surface area contributed by atoms with Crippen LogP contribution in [0.2, 0.25) is 0 Å². The van der Waals surface area contributed by atoms with E-state index in [9.17, 15) is 14.2 Å². The number of hydrogen-bond acceptors (Lipinski definition) is 8. The Labute approximate surface area is 220 Å². The van der Waals surface area contributed by atoms with Crippen LogP contribution in [0.15, 0.2) is 30.3 Å². The molecular weight excluding hydrogens is 517 g/mol. The first-order chi connectivity index (χ1) is 17.1. The molecule has 9 nitrogen and oxygen atoms in total. The first-order valence-electron chi connectivity index (χ1n) is 11.9. The van der Waals surface area contributed by atoms with Crippen LogP contribution in [0.5, 0.6) is 5.75 Å². The number of nitrogen functional groups attached to an aromatic ring is 1. The first-order valence-corrected chi connectivity index (χ1v) is 16.3. The van der Waals surface area contributed by atoms with Crippen LogP contribution >= 0.6 is 29.2 Å². The third-order valence-electron chi connectivity index (χ3n) is 5.74. The molecule has 2 atom stereocenters. The quantitative estimate of drug-likeness (QED) is 0.130. The highest BCUT2D eigenvalue weighted by Crippen LogP contribution is 2.53. The fourth-order valence-corrected chi connectivity index (χ4v) is 7.63. The smallest absolute Gasteiger partial charge is 0.241 e. The van der Waals surface area contributed by atoms with E-state index in [0.717, 1.165) is 39.5 Å². The van der Waals surface area contributed by atoms with Crippen molar-refractivity contribution in [3.63, 3.8) is 0 Å². The van der Waals surface area contributed by atoms with Gasteiger partial charge in [-0.05, 0) is 60.3 Å². The molecule has 0 radical (unpaired) electrons. The number of rotatable bonds is 13. The molecule has 0 bridgehead atoms. The minimum Gasteiger partial charge on any atom is -0.493 e. The van der Waals surface area contributed by atoms with Crippen molar-refractivity contribution in [1.29, 1.82) is 5.41 Å². The molecule has 0 saturated carbocycles. The second-order valence-electron chi connectivity index (χ2n) is 8.62. The van der Waals surface area contributed by atoms with Gasteiger partial charge in [0.1, 0.15) is 11.6 Å². The van der Waals surface area contributed by atoms with Gasteiger partial charge < -0.3 is 25.3 Å². The van der Waals surface area contributed by atoms with Crippen molar-refractivity contribution in [2.24, 2.45) is 5.73 Å². The number of nitrogens with two attached hydrogens (primary N) is 1. The van der Waals surface area contributed by atoms with Crippen molar-refractivity contribution >= 4 is 52.2 Å². The van der Waals surface area contributed by atoms with E-state index in [0.29, 0.717) is 37.4 Å². The van der Waals surface area contributed by atoms with Crippen LogP contribution in [0, 0.1) is 5.41 Å². The lowest BCUT2D eigenvalue weighted by Gasteiger charge is -2.27. The highest BCUT2D eigenvalue weighted by molar-refractivity contribution is 8.59. The minimum atomic E-state index is -2.83. The molecule has 3 rings (SSSR count). The molecular formula is C24H34N5O4PS2. The van der Waals surface area contributed by atoms with Crippen LogP contribution in [0.25, 0.3) is 0 Å². The second-order valence-corrected chi connectivity index (χ2v) is 15.1. The number of thiophene rings is 1. The minimum absolute atomic E-state index is 0.00455. The molecule has 196 valence electrons. The Morgan fingerprint density at radius 3 is 2.75 bits per heavy atom. The van der Waals surface area contributed by atoms with Crippen LogP contribution in [0.4, 0.5) is 0 Å². The highest BCUT2D eigenvalue weighted by atomic mass is 32.7. The molecule has 36 heavy (non-hydrogen) atoms. The third-order valence-corrected chi connectivity index (χ3v) is 10.8. The maximum absolute atomic E-state index is 13.4. The van der Waals surface area contributed by atoms with Gasteiger partial charge in [-0.3, -0.25) is 15.0 Å². The third kappa shape index (κ3) is 7.35. The van der Waals surface area contributed by atoms with E-state index in [2.05, 4.69) is 10.0 Å². The summed E-state index contributed by atoms with van der Waals surface area (Å²) in [5.74, 6) is 0.373. The lowest BCUT2D eigenvalue weighted by molar-refractivity contribution is -0.137. The zero-order chi connectivity index (χ0) is 26.3. The first kappa shape index (κ1) is 28.2. The number of carbonyl (C=O) groups is 2. The standard InChI is InChI=1S/C24H34N5O4PS2/c1-4-11-29(15-22(30)27-14-18-7-9-21(35-18)23(25)26)24(31)19(5-2)28-36-34(3,32)17-6-8-20-16(13-17)10-12-33-20/h6-9,13,19,28H,4-5,10-12,14-15H2,1-3H3,(H3,25,26)(H,27,30). The van der Waals surface area contributed by atoms with Gasteiger partial charge in [-0.15, -0.1) is 11.3 Å². The van der Waals surface area contributed by atoms with E-state index in [1.165, 1.54) is 11.3 Å². The number of ether oxygens (including phenoxy) is 1. The monoisotopic (exact) mass is 551 g/mol. The van der Waals surface area contributed by atoms with Crippen LogP contribution in [0.3, 0.4) is 0 Å². The van der Waals surface area contributed by atoms with Gasteiger partial charge in [0, 0.05) is 29.8 Å². The van der Waals surface area contributed by atoms with Gasteiger partial charge in [-0.2, -0.15) is 0 Å². The van der Waals surface area contributed by atoms with Crippen LogP contribution in [-0.4, -0.2) is 55.0 Å². The summed E-state index contributed by atoms with van der Waals surface area (Å²) < 4.78 is 22.1. The van der Waals surface area contributed by atoms with Gasteiger partial charge in [0.15, 0.2) is 6.34 Å². The molecule has 2 amide bonds. The molecule has 1 aromatic carbocycles. The van der Waals surface area contributed by atoms with Crippen molar-refractivity contribution in [1.82, 2.24) is 14.9 Å². The number of benzene rings is 1. The van der Waals surface area contributed by atoms with Gasteiger partial charge in [0.25, 0.3) is 0 Å². The van der Waals surface area contributed by atoms with E-state index >= 15 is 0 Å². The number of nitrogens with zero attached hydrogens (tertiary/aromatic N) is 1. The van der Waals surface area contributed by atoms with E-state index in [4.69, 9.17) is 15.9 Å². The summed E-state index contributed by atoms with van der Waals surface area (Å²) in [6.45, 7) is 6.86. The van der Waals surface area contributed by atoms with E-state index < -0.39 is 12.4 Å². The van der Waals surface area contributed by atoms with Gasteiger partial charge in [0.2, 0.25) is 11.8 Å². The summed E-state index contributed by atoms with van der Waals surface area (Å²) >= 11 is 2.44.